The summed E-state index contributed by atoms with van der Waals surface area (Å²) in [6.45, 7) is 7.66. The summed E-state index contributed by atoms with van der Waals surface area (Å²) in [7, 11) is 0. The van der Waals surface area contributed by atoms with Crippen molar-refractivity contribution in [3.63, 3.8) is 0 Å². The SMILES string of the molecule is CCOC(C)(C)CNCc1ccc(F)cc1/C(N)=N/O. The molecule has 112 valence electrons. The van der Waals surface area contributed by atoms with Crippen LogP contribution in [0.15, 0.2) is 23.4 Å². The Labute approximate surface area is 118 Å². The maximum Gasteiger partial charge on any atom is 0.170 e. The van der Waals surface area contributed by atoms with E-state index in [2.05, 4.69) is 10.5 Å². The van der Waals surface area contributed by atoms with Gasteiger partial charge in [0.15, 0.2) is 5.84 Å². The Morgan fingerprint density at radius 1 is 1.50 bits per heavy atom. The maximum atomic E-state index is 13.2. The normalized spacial score (nSPS) is 12.7. The van der Waals surface area contributed by atoms with Crippen molar-refractivity contribution in [1.82, 2.24) is 5.32 Å². The molecule has 0 unspecified atom stereocenters. The Hall–Kier alpha value is -1.66. The van der Waals surface area contributed by atoms with Gasteiger partial charge in [0, 0.05) is 25.3 Å². The van der Waals surface area contributed by atoms with E-state index in [1.54, 1.807) is 6.07 Å². The number of rotatable bonds is 7. The number of amidine groups is 1. The average molecular weight is 283 g/mol. The molecular weight excluding hydrogens is 261 g/mol. The van der Waals surface area contributed by atoms with E-state index in [1.165, 1.54) is 12.1 Å². The van der Waals surface area contributed by atoms with Crippen molar-refractivity contribution < 1.29 is 14.3 Å². The highest BCUT2D eigenvalue weighted by Crippen LogP contribution is 2.12. The van der Waals surface area contributed by atoms with Crippen molar-refractivity contribution in [2.45, 2.75) is 32.9 Å². The van der Waals surface area contributed by atoms with E-state index in [1.807, 2.05) is 20.8 Å². The van der Waals surface area contributed by atoms with E-state index in [0.717, 1.165) is 5.56 Å². The maximum absolute atomic E-state index is 13.2. The molecule has 1 rings (SSSR count). The Morgan fingerprint density at radius 3 is 2.80 bits per heavy atom. The van der Waals surface area contributed by atoms with Crippen LogP contribution in [0.1, 0.15) is 31.9 Å². The molecule has 0 aliphatic rings. The van der Waals surface area contributed by atoms with Crippen molar-refractivity contribution in [3.8, 4) is 0 Å². The third kappa shape index (κ3) is 4.79. The molecule has 0 spiro atoms. The number of benzene rings is 1. The number of oxime groups is 1. The zero-order valence-electron chi connectivity index (χ0n) is 12.1. The van der Waals surface area contributed by atoms with E-state index in [4.69, 9.17) is 15.7 Å². The van der Waals surface area contributed by atoms with Gasteiger partial charge in [0.2, 0.25) is 0 Å². The number of halogens is 1. The Morgan fingerprint density at radius 2 is 2.20 bits per heavy atom. The molecule has 0 aliphatic heterocycles. The lowest BCUT2D eigenvalue weighted by molar-refractivity contribution is -0.00897. The predicted molar refractivity (Wildman–Crippen MR) is 76.3 cm³/mol. The number of nitrogens with two attached hydrogens (primary N) is 1. The summed E-state index contributed by atoms with van der Waals surface area (Å²) in [5, 5.41) is 14.9. The first kappa shape index (κ1) is 16.4. The minimum absolute atomic E-state index is 0.106. The Balaban J connectivity index is 2.73. The van der Waals surface area contributed by atoms with E-state index in [9.17, 15) is 4.39 Å². The number of hydrogen-bond acceptors (Lipinski definition) is 4. The lowest BCUT2D eigenvalue weighted by atomic mass is 10.1. The molecule has 0 aliphatic carbocycles. The molecule has 0 saturated carbocycles. The van der Waals surface area contributed by atoms with Gasteiger partial charge in [0.1, 0.15) is 5.82 Å². The summed E-state index contributed by atoms with van der Waals surface area (Å²) in [5.74, 6) is -0.532. The molecule has 1 aromatic carbocycles. The van der Waals surface area contributed by atoms with Crippen LogP contribution >= 0.6 is 0 Å². The van der Waals surface area contributed by atoms with Crippen LogP contribution in [0.3, 0.4) is 0 Å². The second-order valence-electron chi connectivity index (χ2n) is 5.08. The van der Waals surface area contributed by atoms with E-state index >= 15 is 0 Å². The predicted octanol–water partition coefficient (Wildman–Crippen LogP) is 1.82. The minimum Gasteiger partial charge on any atom is -0.409 e. The molecule has 5 nitrogen and oxygen atoms in total. The van der Waals surface area contributed by atoms with Crippen LogP contribution in [-0.2, 0) is 11.3 Å². The second-order valence-corrected chi connectivity index (χ2v) is 5.08. The Kier molecular flexibility index (Phi) is 5.91. The summed E-state index contributed by atoms with van der Waals surface area (Å²) >= 11 is 0. The smallest absolute Gasteiger partial charge is 0.170 e. The van der Waals surface area contributed by atoms with Crippen molar-refractivity contribution in [2.24, 2.45) is 10.9 Å². The van der Waals surface area contributed by atoms with Crippen molar-refractivity contribution in [1.29, 1.82) is 0 Å². The summed E-state index contributed by atoms with van der Waals surface area (Å²) in [4.78, 5) is 0. The van der Waals surface area contributed by atoms with Gasteiger partial charge in [0.25, 0.3) is 0 Å². The van der Waals surface area contributed by atoms with Crippen LogP contribution in [-0.4, -0.2) is 29.8 Å². The molecule has 0 heterocycles. The molecule has 4 N–H and O–H groups in total. The second kappa shape index (κ2) is 7.21. The first-order valence-corrected chi connectivity index (χ1v) is 6.50. The Bertz CT molecular complexity index is 475. The van der Waals surface area contributed by atoms with Gasteiger partial charge >= 0.3 is 0 Å². The number of nitrogens with one attached hydrogen (secondary N) is 1. The van der Waals surface area contributed by atoms with Gasteiger partial charge in [-0.15, -0.1) is 0 Å². The molecule has 0 bridgehead atoms. The number of nitrogens with zero attached hydrogens (tertiary/aromatic N) is 1. The zero-order chi connectivity index (χ0) is 15.2. The van der Waals surface area contributed by atoms with Gasteiger partial charge in [0.05, 0.1) is 5.60 Å². The topological polar surface area (TPSA) is 79.9 Å². The van der Waals surface area contributed by atoms with Crippen LogP contribution in [0.25, 0.3) is 0 Å². The van der Waals surface area contributed by atoms with Gasteiger partial charge in [-0.25, -0.2) is 4.39 Å². The first-order valence-electron chi connectivity index (χ1n) is 6.50. The van der Waals surface area contributed by atoms with Gasteiger partial charge in [-0.05, 0) is 38.5 Å². The third-order valence-corrected chi connectivity index (χ3v) is 2.86. The molecule has 0 fully saturated rings. The lowest BCUT2D eigenvalue weighted by Crippen LogP contribution is -2.37. The van der Waals surface area contributed by atoms with E-state index in [0.29, 0.717) is 25.3 Å². The zero-order valence-corrected chi connectivity index (χ0v) is 12.1. The minimum atomic E-state index is -0.426. The summed E-state index contributed by atoms with van der Waals surface area (Å²) in [6.07, 6.45) is 0. The molecular formula is C14H22FN3O2. The molecule has 0 radical (unpaired) electrons. The number of hydrogen-bond donors (Lipinski definition) is 3. The lowest BCUT2D eigenvalue weighted by Gasteiger charge is -2.25. The quantitative estimate of drug-likeness (QED) is 0.309. The standard InChI is InChI=1S/C14H22FN3O2/c1-4-20-14(2,3)9-17-8-10-5-6-11(15)7-12(10)13(16)18-19/h5-7,17,19H,4,8-9H2,1-3H3,(H2,16,18). The van der Waals surface area contributed by atoms with Crippen LogP contribution < -0.4 is 11.1 Å². The van der Waals surface area contributed by atoms with E-state index < -0.39 is 5.82 Å². The van der Waals surface area contributed by atoms with Gasteiger partial charge < -0.3 is 21.0 Å². The molecule has 0 saturated heterocycles. The average Bonchev–Trinajstić information content (AvgIpc) is 2.39. The summed E-state index contributed by atoms with van der Waals surface area (Å²) < 4.78 is 18.8. The monoisotopic (exact) mass is 283 g/mol. The molecule has 20 heavy (non-hydrogen) atoms. The highest BCUT2D eigenvalue weighted by atomic mass is 19.1. The van der Waals surface area contributed by atoms with Crippen LogP contribution in [0, 0.1) is 5.82 Å². The van der Waals surface area contributed by atoms with Crippen molar-refractivity contribution >= 4 is 5.84 Å². The fraction of sp³-hybridized carbons (Fsp3) is 0.500. The fourth-order valence-corrected chi connectivity index (χ4v) is 1.94. The van der Waals surface area contributed by atoms with E-state index in [-0.39, 0.29) is 11.4 Å². The van der Waals surface area contributed by atoms with Gasteiger partial charge in [-0.2, -0.15) is 0 Å². The highest BCUT2D eigenvalue weighted by Gasteiger charge is 2.17. The fourth-order valence-electron chi connectivity index (χ4n) is 1.94. The number of ether oxygens (including phenoxy) is 1. The van der Waals surface area contributed by atoms with Crippen LogP contribution in [0.4, 0.5) is 4.39 Å². The van der Waals surface area contributed by atoms with Crippen LogP contribution in [0.5, 0.6) is 0 Å². The van der Waals surface area contributed by atoms with Crippen LogP contribution in [0.2, 0.25) is 0 Å². The van der Waals surface area contributed by atoms with Crippen molar-refractivity contribution in [3.05, 3.63) is 35.1 Å². The molecule has 1 aromatic rings. The molecule has 0 atom stereocenters. The van der Waals surface area contributed by atoms with Crippen molar-refractivity contribution in [2.75, 3.05) is 13.2 Å². The molecule has 6 heteroatoms. The third-order valence-electron chi connectivity index (χ3n) is 2.86. The molecule has 0 aromatic heterocycles. The van der Waals surface area contributed by atoms with Gasteiger partial charge in [-0.1, -0.05) is 11.2 Å². The molecule has 0 amide bonds. The first-order chi connectivity index (χ1) is 9.39. The summed E-state index contributed by atoms with van der Waals surface area (Å²) in [5.41, 5.74) is 6.41. The highest BCUT2D eigenvalue weighted by molar-refractivity contribution is 5.98. The largest absolute Gasteiger partial charge is 0.409 e. The van der Waals surface area contributed by atoms with Gasteiger partial charge in [-0.3, -0.25) is 0 Å². The summed E-state index contributed by atoms with van der Waals surface area (Å²) in [6, 6.07) is 4.21.